The van der Waals surface area contributed by atoms with Crippen molar-refractivity contribution in [2.24, 2.45) is 5.41 Å². The van der Waals surface area contributed by atoms with Gasteiger partial charge in [-0.3, -0.25) is 14.8 Å². The van der Waals surface area contributed by atoms with Gasteiger partial charge in [-0.1, -0.05) is 11.6 Å². The number of methoxy groups -OCH3 is 1. The van der Waals surface area contributed by atoms with Crippen LogP contribution in [0.3, 0.4) is 0 Å². The molecule has 1 fully saturated rings. The zero-order valence-corrected chi connectivity index (χ0v) is 22.6. The molecule has 3 heterocycles. The molecule has 0 spiro atoms. The molecule has 4 rings (SSSR count). The fourth-order valence-electron chi connectivity index (χ4n) is 5.19. The van der Waals surface area contributed by atoms with Gasteiger partial charge in [-0.2, -0.15) is 0 Å². The Kier molecular flexibility index (Phi) is 9.62. The summed E-state index contributed by atoms with van der Waals surface area (Å²) in [5.74, 6) is 0.796. The highest BCUT2D eigenvalue weighted by Gasteiger charge is 2.37. The normalized spacial score (nSPS) is 16.5. The molecule has 198 valence electrons. The van der Waals surface area contributed by atoms with Crippen molar-refractivity contribution in [3.05, 3.63) is 59.5 Å². The number of rotatable bonds is 12. The molecule has 1 N–H and O–H groups in total. The van der Waals surface area contributed by atoms with Gasteiger partial charge in [0.15, 0.2) is 0 Å². The predicted molar refractivity (Wildman–Crippen MR) is 146 cm³/mol. The summed E-state index contributed by atoms with van der Waals surface area (Å²) in [4.78, 5) is 23.8. The highest BCUT2D eigenvalue weighted by molar-refractivity contribution is 7.99. The zero-order chi connectivity index (χ0) is 26.3. The first kappa shape index (κ1) is 27.6. The Morgan fingerprint density at radius 1 is 1.30 bits per heavy atom. The third kappa shape index (κ3) is 7.33. The van der Waals surface area contributed by atoms with Crippen LogP contribution in [-0.4, -0.2) is 58.4 Å². The molecule has 37 heavy (non-hydrogen) atoms. The number of aromatic nitrogens is 2. The lowest BCUT2D eigenvalue weighted by Crippen LogP contribution is -2.41. The van der Waals surface area contributed by atoms with Gasteiger partial charge in [0.25, 0.3) is 0 Å². The van der Waals surface area contributed by atoms with Crippen molar-refractivity contribution in [3.63, 3.8) is 0 Å². The monoisotopic (exact) mass is 545 g/mol. The number of likely N-dealkylation sites (tertiary alicyclic amines) is 1. The average Bonchev–Trinajstić information content (AvgIpc) is 2.90. The number of fused-ring (bicyclic) bond motifs is 1. The lowest BCUT2D eigenvalue weighted by molar-refractivity contribution is -0.141. The Bertz CT molecular complexity index is 1190. The average molecular weight is 546 g/mol. The molecule has 1 saturated heterocycles. The van der Waals surface area contributed by atoms with Crippen molar-refractivity contribution in [1.82, 2.24) is 14.9 Å². The molecular formula is C28H33ClFN3O3S. The topological polar surface area (TPSA) is 75.6 Å². The molecule has 0 bridgehead atoms. The van der Waals surface area contributed by atoms with E-state index in [9.17, 15) is 9.90 Å². The minimum Gasteiger partial charge on any atom is -0.497 e. The summed E-state index contributed by atoms with van der Waals surface area (Å²) in [6, 6.07) is 9.34. The second kappa shape index (κ2) is 12.9. The van der Waals surface area contributed by atoms with Crippen LogP contribution in [0.5, 0.6) is 5.75 Å². The number of thioether (sulfide) groups is 1. The van der Waals surface area contributed by atoms with Gasteiger partial charge < -0.3 is 14.7 Å². The summed E-state index contributed by atoms with van der Waals surface area (Å²) in [6.07, 6.45) is 7.13. The maximum atomic E-state index is 15.7. The number of aliphatic carboxylic acids is 1. The number of piperidine rings is 1. The van der Waals surface area contributed by atoms with Gasteiger partial charge in [0.05, 0.1) is 24.1 Å². The highest BCUT2D eigenvalue weighted by atomic mass is 35.5. The first-order chi connectivity index (χ1) is 17.9. The van der Waals surface area contributed by atoms with Gasteiger partial charge in [0.2, 0.25) is 0 Å². The van der Waals surface area contributed by atoms with Crippen molar-refractivity contribution in [3.8, 4) is 5.75 Å². The largest absolute Gasteiger partial charge is 0.497 e. The molecule has 1 aromatic carbocycles. The third-order valence-corrected chi connectivity index (χ3v) is 8.64. The molecule has 0 unspecified atom stereocenters. The lowest BCUT2D eigenvalue weighted by Gasteiger charge is -2.41. The van der Waals surface area contributed by atoms with E-state index < -0.39 is 17.6 Å². The molecule has 1 atom stereocenters. The van der Waals surface area contributed by atoms with Gasteiger partial charge in [-0.05, 0) is 93.2 Å². The van der Waals surface area contributed by atoms with E-state index in [4.69, 9.17) is 16.3 Å². The second-order valence-corrected chi connectivity index (χ2v) is 11.3. The van der Waals surface area contributed by atoms with Crippen LogP contribution in [0.15, 0.2) is 53.8 Å². The first-order valence-corrected chi connectivity index (χ1v) is 14.0. The fourth-order valence-corrected chi connectivity index (χ4v) is 6.28. The van der Waals surface area contributed by atoms with Crippen LogP contribution in [0.25, 0.3) is 10.9 Å². The predicted octanol–water partition coefficient (Wildman–Crippen LogP) is 6.82. The minimum absolute atomic E-state index is 0.0586. The van der Waals surface area contributed by atoms with Crippen LogP contribution < -0.4 is 4.74 Å². The number of halogens is 2. The van der Waals surface area contributed by atoms with Crippen LogP contribution in [0.4, 0.5) is 4.39 Å². The van der Waals surface area contributed by atoms with Crippen LogP contribution >= 0.6 is 23.4 Å². The van der Waals surface area contributed by atoms with Crippen molar-refractivity contribution < 1.29 is 19.0 Å². The van der Waals surface area contributed by atoms with Gasteiger partial charge in [0, 0.05) is 34.4 Å². The van der Waals surface area contributed by atoms with Crippen molar-refractivity contribution in [2.75, 3.05) is 32.5 Å². The van der Waals surface area contributed by atoms with E-state index in [0.717, 1.165) is 44.6 Å². The second-order valence-electron chi connectivity index (χ2n) is 9.71. The number of hydrogen-bond donors (Lipinski definition) is 1. The molecule has 0 saturated carbocycles. The van der Waals surface area contributed by atoms with Crippen molar-refractivity contribution in [2.45, 2.75) is 49.6 Å². The molecule has 1 aliphatic rings. The molecule has 1 aliphatic heterocycles. The van der Waals surface area contributed by atoms with E-state index in [-0.39, 0.29) is 17.9 Å². The first-order valence-electron chi connectivity index (χ1n) is 12.6. The number of alkyl halides is 1. The molecule has 0 amide bonds. The quantitative estimate of drug-likeness (QED) is 0.197. The smallest absolute Gasteiger partial charge is 0.303 e. The molecule has 9 heteroatoms. The number of benzene rings is 1. The molecule has 0 aliphatic carbocycles. The SMILES string of the molecule is COc1ccc2ncc(Cl)c([C@H](F)CCC3(CC(=O)O)CCN(CCCSc4cccnc4)CC3)c2c1. The van der Waals surface area contributed by atoms with E-state index in [1.807, 2.05) is 12.3 Å². The maximum absolute atomic E-state index is 15.7. The number of carbonyl (C=O) groups is 1. The van der Waals surface area contributed by atoms with Crippen LogP contribution in [-0.2, 0) is 4.79 Å². The number of carboxylic acids is 1. The van der Waals surface area contributed by atoms with E-state index >= 15 is 4.39 Å². The Balaban J connectivity index is 1.35. The summed E-state index contributed by atoms with van der Waals surface area (Å²) < 4.78 is 21.0. The van der Waals surface area contributed by atoms with Crippen LogP contribution in [0.2, 0.25) is 5.02 Å². The molecule has 0 radical (unpaired) electrons. The summed E-state index contributed by atoms with van der Waals surface area (Å²) in [7, 11) is 1.56. The third-order valence-electron chi connectivity index (χ3n) is 7.27. The molecule has 6 nitrogen and oxygen atoms in total. The Morgan fingerprint density at radius 3 is 2.81 bits per heavy atom. The maximum Gasteiger partial charge on any atom is 0.303 e. The molecule has 3 aromatic rings. The van der Waals surface area contributed by atoms with E-state index in [1.54, 1.807) is 43.3 Å². The summed E-state index contributed by atoms with van der Waals surface area (Å²) >= 11 is 8.20. The Labute approximate surface area is 226 Å². The van der Waals surface area contributed by atoms with E-state index in [0.29, 0.717) is 28.6 Å². The van der Waals surface area contributed by atoms with E-state index in [2.05, 4.69) is 20.9 Å². The van der Waals surface area contributed by atoms with Crippen molar-refractivity contribution >= 4 is 40.2 Å². The Hall–Kier alpha value is -2.42. The lowest BCUT2D eigenvalue weighted by atomic mass is 9.71. The van der Waals surface area contributed by atoms with Crippen LogP contribution in [0.1, 0.15) is 50.3 Å². The molecular weight excluding hydrogens is 513 g/mol. The summed E-state index contributed by atoms with van der Waals surface area (Å²) in [5, 5.41) is 10.6. The van der Waals surface area contributed by atoms with Gasteiger partial charge in [-0.25, -0.2) is 4.39 Å². The summed E-state index contributed by atoms with van der Waals surface area (Å²) in [6.45, 7) is 2.64. The van der Waals surface area contributed by atoms with Crippen molar-refractivity contribution in [1.29, 1.82) is 0 Å². The summed E-state index contributed by atoms with van der Waals surface area (Å²) in [5.41, 5.74) is 0.641. The molecule has 2 aromatic heterocycles. The number of hydrogen-bond acceptors (Lipinski definition) is 6. The van der Waals surface area contributed by atoms with Gasteiger partial charge in [-0.15, -0.1) is 11.8 Å². The Morgan fingerprint density at radius 2 is 2.11 bits per heavy atom. The van der Waals surface area contributed by atoms with Crippen LogP contribution in [0, 0.1) is 5.41 Å². The number of pyridine rings is 2. The zero-order valence-electron chi connectivity index (χ0n) is 21.0. The van der Waals surface area contributed by atoms with E-state index in [1.165, 1.54) is 11.1 Å². The standard InChI is InChI=1S/C28H33ClFN3O3S/c1-36-20-5-6-25-22(16-20)27(23(29)19-32-25)24(30)7-8-28(17-26(34)35)9-13-33(14-10-28)12-3-15-37-21-4-2-11-31-18-21/h2,4-6,11,16,18-19,24H,3,7-10,12-15,17H2,1H3,(H,34,35)/t24-/m1/s1. The van der Waals surface area contributed by atoms with Gasteiger partial charge in [0.1, 0.15) is 11.9 Å². The number of nitrogens with zero attached hydrogens (tertiary/aromatic N) is 3. The fraction of sp³-hybridized carbons (Fsp3) is 0.464. The minimum atomic E-state index is -1.32. The number of ether oxygens (including phenoxy) is 1. The number of carboxylic acid groups (broad SMARTS) is 1. The highest BCUT2D eigenvalue weighted by Crippen LogP contribution is 2.44. The van der Waals surface area contributed by atoms with Gasteiger partial charge >= 0.3 is 5.97 Å².